The van der Waals surface area contributed by atoms with E-state index in [1.807, 2.05) is 39.0 Å². The molecule has 0 spiro atoms. The van der Waals surface area contributed by atoms with E-state index in [2.05, 4.69) is 0 Å². The van der Waals surface area contributed by atoms with Crippen LogP contribution in [0.2, 0.25) is 0 Å². The molecule has 0 bridgehead atoms. The van der Waals surface area contributed by atoms with Gasteiger partial charge in [0.15, 0.2) is 9.84 Å². The number of benzene rings is 1. The van der Waals surface area contributed by atoms with E-state index < -0.39 is 9.84 Å². The Balaban J connectivity index is 2.26. The molecule has 1 aromatic rings. The fraction of sp³-hybridized carbons (Fsp3) is 0.562. The highest BCUT2D eigenvalue weighted by Gasteiger charge is 2.35. The minimum absolute atomic E-state index is 0.0606. The molecule has 0 unspecified atom stereocenters. The molecule has 5 heteroatoms. The number of amides is 1. The number of sulfone groups is 1. The summed E-state index contributed by atoms with van der Waals surface area (Å²) < 4.78 is 23.4. The first-order valence-corrected chi connectivity index (χ1v) is 9.19. The zero-order valence-electron chi connectivity index (χ0n) is 12.9. The average molecular weight is 309 g/mol. The van der Waals surface area contributed by atoms with Crippen molar-refractivity contribution in [2.24, 2.45) is 5.92 Å². The first-order valence-electron chi connectivity index (χ1n) is 7.36. The van der Waals surface area contributed by atoms with Gasteiger partial charge in [0.1, 0.15) is 0 Å². The quantitative estimate of drug-likeness (QED) is 0.857. The van der Waals surface area contributed by atoms with E-state index in [-0.39, 0.29) is 23.5 Å². The Morgan fingerprint density at radius 3 is 2.62 bits per heavy atom. The highest BCUT2D eigenvalue weighted by molar-refractivity contribution is 7.91. The van der Waals surface area contributed by atoms with Gasteiger partial charge in [-0.1, -0.05) is 31.5 Å². The van der Waals surface area contributed by atoms with Crippen molar-refractivity contribution in [2.45, 2.75) is 33.2 Å². The van der Waals surface area contributed by atoms with Crippen molar-refractivity contribution in [3.8, 4) is 0 Å². The van der Waals surface area contributed by atoms with Crippen molar-refractivity contribution in [1.82, 2.24) is 4.90 Å². The largest absolute Gasteiger partial charge is 0.334 e. The molecule has 1 fully saturated rings. The van der Waals surface area contributed by atoms with E-state index >= 15 is 0 Å². The van der Waals surface area contributed by atoms with E-state index in [9.17, 15) is 13.2 Å². The van der Waals surface area contributed by atoms with Crippen molar-refractivity contribution in [3.05, 3.63) is 35.4 Å². The highest BCUT2D eigenvalue weighted by atomic mass is 32.2. The predicted molar refractivity (Wildman–Crippen MR) is 84.1 cm³/mol. The van der Waals surface area contributed by atoms with Crippen molar-refractivity contribution in [3.63, 3.8) is 0 Å². The van der Waals surface area contributed by atoms with Crippen molar-refractivity contribution >= 4 is 15.7 Å². The van der Waals surface area contributed by atoms with Gasteiger partial charge in [-0.05, 0) is 31.4 Å². The van der Waals surface area contributed by atoms with E-state index in [1.54, 1.807) is 11.0 Å². The molecule has 1 atom stereocenters. The third-order valence-electron chi connectivity index (χ3n) is 3.74. The summed E-state index contributed by atoms with van der Waals surface area (Å²) in [7, 11) is -2.99. The summed E-state index contributed by atoms with van der Waals surface area (Å²) in [6.45, 7) is 6.62. The number of hydrogen-bond donors (Lipinski definition) is 0. The van der Waals surface area contributed by atoms with Gasteiger partial charge in [-0.2, -0.15) is 0 Å². The van der Waals surface area contributed by atoms with Gasteiger partial charge < -0.3 is 4.90 Å². The molecular formula is C16H23NO3S. The van der Waals surface area contributed by atoms with Crippen LogP contribution in [0.15, 0.2) is 24.3 Å². The molecule has 0 aliphatic carbocycles. The lowest BCUT2D eigenvalue weighted by atomic mass is 10.1. The van der Waals surface area contributed by atoms with Crippen LogP contribution in [0.25, 0.3) is 0 Å². The molecule has 0 radical (unpaired) electrons. The van der Waals surface area contributed by atoms with Crippen LogP contribution in [0.1, 0.15) is 36.2 Å². The Morgan fingerprint density at radius 2 is 2.10 bits per heavy atom. The Hall–Kier alpha value is -1.36. The summed E-state index contributed by atoms with van der Waals surface area (Å²) >= 11 is 0. The smallest absolute Gasteiger partial charge is 0.254 e. The lowest BCUT2D eigenvalue weighted by Crippen LogP contribution is -2.43. The molecular weight excluding hydrogens is 286 g/mol. The standard InChI is InChI=1S/C16H23NO3S/c1-12(2)10-17(15-7-8-21(19,20)11-15)16(18)14-6-4-5-13(3)9-14/h4-6,9,12,15H,7-8,10-11H2,1-3H3/t15-/m1/s1. The normalized spacial score (nSPS) is 20.7. The summed E-state index contributed by atoms with van der Waals surface area (Å²) in [5, 5.41) is 0. The lowest BCUT2D eigenvalue weighted by Gasteiger charge is -2.30. The Kier molecular flexibility index (Phi) is 4.71. The van der Waals surface area contributed by atoms with Crippen LogP contribution in [-0.2, 0) is 9.84 Å². The molecule has 1 heterocycles. The fourth-order valence-corrected chi connectivity index (χ4v) is 4.49. The minimum atomic E-state index is -2.99. The maximum atomic E-state index is 12.8. The molecule has 116 valence electrons. The summed E-state index contributed by atoms with van der Waals surface area (Å²) in [6.07, 6.45) is 0.548. The number of carbonyl (C=O) groups excluding carboxylic acids is 1. The topological polar surface area (TPSA) is 54.5 Å². The third-order valence-corrected chi connectivity index (χ3v) is 5.49. The van der Waals surface area contributed by atoms with E-state index in [0.717, 1.165) is 5.56 Å². The molecule has 1 saturated heterocycles. The number of aryl methyl sites for hydroxylation is 1. The lowest BCUT2D eigenvalue weighted by molar-refractivity contribution is 0.0672. The van der Waals surface area contributed by atoms with Crippen LogP contribution < -0.4 is 0 Å². The van der Waals surface area contributed by atoms with Crippen molar-refractivity contribution < 1.29 is 13.2 Å². The zero-order chi connectivity index (χ0) is 15.6. The summed E-state index contributed by atoms with van der Waals surface area (Å²) in [6, 6.07) is 7.28. The zero-order valence-corrected chi connectivity index (χ0v) is 13.7. The van der Waals surface area contributed by atoms with Crippen LogP contribution in [0.5, 0.6) is 0 Å². The molecule has 1 aliphatic heterocycles. The van der Waals surface area contributed by atoms with Gasteiger partial charge in [-0.25, -0.2) is 8.42 Å². The van der Waals surface area contributed by atoms with E-state index in [1.165, 1.54) is 0 Å². The van der Waals surface area contributed by atoms with Crippen LogP contribution in [0.3, 0.4) is 0 Å². The molecule has 0 saturated carbocycles. The van der Waals surface area contributed by atoms with Gasteiger partial charge in [0.05, 0.1) is 11.5 Å². The third kappa shape index (κ3) is 4.06. The maximum absolute atomic E-state index is 12.8. The number of carbonyl (C=O) groups is 1. The molecule has 0 aromatic heterocycles. The molecule has 4 nitrogen and oxygen atoms in total. The van der Waals surface area contributed by atoms with Gasteiger partial charge in [-0.3, -0.25) is 4.79 Å². The Labute approximate surface area is 127 Å². The van der Waals surface area contributed by atoms with Crippen LogP contribution in [0, 0.1) is 12.8 Å². The van der Waals surface area contributed by atoms with Crippen LogP contribution in [0.4, 0.5) is 0 Å². The monoisotopic (exact) mass is 309 g/mol. The second kappa shape index (κ2) is 6.18. The number of hydrogen-bond acceptors (Lipinski definition) is 3. The van der Waals surface area contributed by atoms with Gasteiger partial charge in [-0.15, -0.1) is 0 Å². The predicted octanol–water partition coefficient (Wildman–Crippen LogP) is 2.28. The SMILES string of the molecule is Cc1cccc(C(=O)N(CC(C)C)[C@@H]2CCS(=O)(=O)C2)c1. The molecule has 0 N–H and O–H groups in total. The second-order valence-corrected chi connectivity index (χ2v) is 8.51. The van der Waals surface area contributed by atoms with Crippen LogP contribution >= 0.6 is 0 Å². The Morgan fingerprint density at radius 1 is 1.38 bits per heavy atom. The van der Waals surface area contributed by atoms with Gasteiger partial charge in [0.25, 0.3) is 5.91 Å². The Bertz CT molecular complexity index is 622. The second-order valence-electron chi connectivity index (χ2n) is 6.28. The average Bonchev–Trinajstić information content (AvgIpc) is 2.75. The molecule has 1 aromatic carbocycles. The van der Waals surface area contributed by atoms with Gasteiger partial charge in [0.2, 0.25) is 0 Å². The summed E-state index contributed by atoms with van der Waals surface area (Å²) in [5.74, 6) is 0.529. The highest BCUT2D eigenvalue weighted by Crippen LogP contribution is 2.21. The van der Waals surface area contributed by atoms with Crippen molar-refractivity contribution in [1.29, 1.82) is 0 Å². The molecule has 1 amide bonds. The van der Waals surface area contributed by atoms with Gasteiger partial charge >= 0.3 is 0 Å². The van der Waals surface area contributed by atoms with E-state index in [4.69, 9.17) is 0 Å². The first-order chi connectivity index (χ1) is 9.78. The van der Waals surface area contributed by atoms with Crippen LogP contribution in [-0.4, -0.2) is 43.3 Å². The molecule has 21 heavy (non-hydrogen) atoms. The fourth-order valence-electron chi connectivity index (χ4n) is 2.76. The van der Waals surface area contributed by atoms with Crippen molar-refractivity contribution in [2.75, 3.05) is 18.1 Å². The maximum Gasteiger partial charge on any atom is 0.254 e. The number of nitrogens with zero attached hydrogens (tertiary/aromatic N) is 1. The van der Waals surface area contributed by atoms with Gasteiger partial charge in [0, 0.05) is 18.2 Å². The van der Waals surface area contributed by atoms with E-state index in [0.29, 0.717) is 24.4 Å². The minimum Gasteiger partial charge on any atom is -0.334 e. The number of rotatable bonds is 4. The molecule has 1 aliphatic rings. The first kappa shape index (κ1) is 16.0. The molecule has 2 rings (SSSR count). The summed E-state index contributed by atoms with van der Waals surface area (Å²) in [5.41, 5.74) is 1.67. The summed E-state index contributed by atoms with van der Waals surface area (Å²) in [4.78, 5) is 14.5.